The van der Waals surface area contributed by atoms with Gasteiger partial charge in [-0.3, -0.25) is 19.0 Å². The summed E-state index contributed by atoms with van der Waals surface area (Å²) in [6.07, 6.45) is 0.196. The summed E-state index contributed by atoms with van der Waals surface area (Å²) in [6, 6.07) is 3.53. The number of fused-ring (bicyclic) bond motifs is 1. The molecule has 0 saturated heterocycles. The van der Waals surface area contributed by atoms with E-state index < -0.39 is 23.8 Å². The number of anilines is 1. The van der Waals surface area contributed by atoms with E-state index in [1.165, 1.54) is 35.2 Å². The Hall–Kier alpha value is -2.78. The fraction of sp³-hybridized carbons (Fsp3) is 0.300. The van der Waals surface area contributed by atoms with Crippen LogP contribution in [0.1, 0.15) is 23.8 Å². The van der Waals surface area contributed by atoms with Gasteiger partial charge in [0, 0.05) is 11.4 Å². The summed E-state index contributed by atoms with van der Waals surface area (Å²) in [5.41, 5.74) is 0.874. The highest BCUT2D eigenvalue weighted by Gasteiger charge is 2.19. The Morgan fingerprint density at radius 1 is 1.37 bits per heavy atom. The summed E-state index contributed by atoms with van der Waals surface area (Å²) in [4.78, 5) is 42.9. The molecule has 1 unspecified atom stereocenters. The molecule has 1 atom stereocenters. The Kier molecular flexibility index (Phi) is 6.52. The van der Waals surface area contributed by atoms with E-state index in [0.717, 1.165) is 22.6 Å². The third kappa shape index (κ3) is 4.68. The van der Waals surface area contributed by atoms with Crippen molar-refractivity contribution in [1.29, 1.82) is 0 Å². The fourth-order valence-electron chi connectivity index (χ4n) is 2.78. The summed E-state index contributed by atoms with van der Waals surface area (Å²) >= 11 is 7.32. The summed E-state index contributed by atoms with van der Waals surface area (Å²) in [5.74, 6) is -1.79. The number of halogens is 2. The second-order valence-corrected chi connectivity index (χ2v) is 8.31. The van der Waals surface area contributed by atoms with Crippen molar-refractivity contribution in [3.63, 3.8) is 0 Å². The lowest BCUT2D eigenvalue weighted by Gasteiger charge is -2.14. The lowest BCUT2D eigenvalue weighted by Crippen LogP contribution is -2.31. The minimum absolute atomic E-state index is 0.0307. The first kappa shape index (κ1) is 21.9. The number of ether oxygens (including phenoxy) is 1. The Balaban J connectivity index is 1.59. The number of amides is 1. The van der Waals surface area contributed by atoms with Crippen LogP contribution >= 0.6 is 22.9 Å². The molecule has 0 aliphatic heterocycles. The van der Waals surface area contributed by atoms with Crippen LogP contribution in [0, 0.1) is 19.7 Å². The van der Waals surface area contributed by atoms with Gasteiger partial charge < -0.3 is 10.1 Å². The van der Waals surface area contributed by atoms with Gasteiger partial charge in [0.25, 0.3) is 11.5 Å². The topological polar surface area (TPSA) is 90.3 Å². The van der Waals surface area contributed by atoms with Crippen molar-refractivity contribution in [1.82, 2.24) is 9.55 Å². The van der Waals surface area contributed by atoms with Crippen LogP contribution in [0.5, 0.6) is 0 Å². The highest BCUT2D eigenvalue weighted by atomic mass is 35.5. The van der Waals surface area contributed by atoms with Crippen LogP contribution < -0.4 is 10.9 Å². The normalized spacial score (nSPS) is 12.0. The predicted molar refractivity (Wildman–Crippen MR) is 114 cm³/mol. The maximum atomic E-state index is 13.1. The van der Waals surface area contributed by atoms with Gasteiger partial charge in [-0.05, 0) is 44.5 Å². The zero-order chi connectivity index (χ0) is 22.0. The van der Waals surface area contributed by atoms with Gasteiger partial charge in [-0.15, -0.1) is 11.3 Å². The lowest BCUT2D eigenvalue weighted by atomic mass is 10.2. The molecule has 0 fully saturated rings. The Morgan fingerprint density at radius 2 is 2.10 bits per heavy atom. The number of thiophene rings is 1. The predicted octanol–water partition coefficient (Wildman–Crippen LogP) is 3.83. The van der Waals surface area contributed by atoms with E-state index in [4.69, 9.17) is 16.3 Å². The van der Waals surface area contributed by atoms with Gasteiger partial charge in [-0.2, -0.15) is 0 Å². The average molecular weight is 452 g/mol. The van der Waals surface area contributed by atoms with Crippen LogP contribution in [-0.2, 0) is 20.9 Å². The quantitative estimate of drug-likeness (QED) is 0.575. The van der Waals surface area contributed by atoms with Crippen molar-refractivity contribution in [3.05, 3.63) is 56.2 Å². The van der Waals surface area contributed by atoms with Crippen LogP contribution in [0.25, 0.3) is 10.2 Å². The highest BCUT2D eigenvalue weighted by molar-refractivity contribution is 7.18. The number of carbonyl (C=O) groups excluding carboxylic acids is 2. The van der Waals surface area contributed by atoms with Crippen molar-refractivity contribution in [3.8, 4) is 0 Å². The Morgan fingerprint density at radius 3 is 2.80 bits per heavy atom. The van der Waals surface area contributed by atoms with Crippen LogP contribution in [0.15, 0.2) is 29.3 Å². The number of benzene rings is 1. The Labute approximate surface area is 180 Å². The number of hydrogen-bond acceptors (Lipinski definition) is 6. The van der Waals surface area contributed by atoms with Crippen molar-refractivity contribution in [2.45, 2.75) is 39.8 Å². The first-order valence-corrected chi connectivity index (χ1v) is 10.3. The summed E-state index contributed by atoms with van der Waals surface area (Å²) in [7, 11) is 0. The molecule has 1 amide bonds. The van der Waals surface area contributed by atoms with Crippen LogP contribution in [0.2, 0.25) is 5.02 Å². The number of nitrogens with one attached hydrogen (secondary N) is 1. The van der Waals surface area contributed by atoms with Crippen LogP contribution in [-0.4, -0.2) is 27.5 Å². The molecule has 0 aliphatic rings. The largest absolute Gasteiger partial charge is 0.452 e. The molecule has 3 rings (SSSR count). The Bertz CT molecular complexity index is 1190. The first-order chi connectivity index (χ1) is 14.2. The van der Waals surface area contributed by atoms with Crippen LogP contribution in [0.3, 0.4) is 0 Å². The van der Waals surface area contributed by atoms with E-state index >= 15 is 0 Å². The van der Waals surface area contributed by atoms with Crippen molar-refractivity contribution < 1.29 is 18.7 Å². The second kappa shape index (κ2) is 8.93. The van der Waals surface area contributed by atoms with E-state index in [2.05, 4.69) is 10.3 Å². The molecule has 0 saturated carbocycles. The molecule has 2 aromatic heterocycles. The molecule has 0 radical (unpaired) electrons. The number of carbonyl (C=O) groups is 2. The molecule has 3 aromatic rings. The van der Waals surface area contributed by atoms with E-state index in [9.17, 15) is 18.8 Å². The minimum Gasteiger partial charge on any atom is -0.452 e. The molecule has 1 N–H and O–H groups in total. The van der Waals surface area contributed by atoms with Crippen LogP contribution in [0.4, 0.5) is 10.1 Å². The maximum Gasteiger partial charge on any atom is 0.308 e. The van der Waals surface area contributed by atoms with Gasteiger partial charge in [0.2, 0.25) is 0 Å². The maximum absolute atomic E-state index is 13.1. The van der Waals surface area contributed by atoms with Gasteiger partial charge in [0.1, 0.15) is 10.6 Å². The zero-order valence-electron chi connectivity index (χ0n) is 16.5. The number of nitrogens with zero attached hydrogens (tertiary/aromatic N) is 2. The lowest BCUT2D eigenvalue weighted by molar-refractivity contribution is -0.153. The van der Waals surface area contributed by atoms with Gasteiger partial charge in [-0.25, -0.2) is 9.37 Å². The molecule has 0 spiro atoms. The summed E-state index contributed by atoms with van der Waals surface area (Å²) < 4.78 is 19.6. The molecule has 1 aromatic carbocycles. The number of aromatic nitrogens is 2. The number of hydrogen-bond donors (Lipinski definition) is 1. The van der Waals surface area contributed by atoms with Crippen molar-refractivity contribution >= 4 is 50.7 Å². The fourth-order valence-corrected chi connectivity index (χ4v) is 3.98. The zero-order valence-corrected chi connectivity index (χ0v) is 18.1. The van der Waals surface area contributed by atoms with E-state index in [1.807, 2.05) is 13.8 Å². The third-order valence-corrected chi connectivity index (χ3v) is 6.01. The van der Waals surface area contributed by atoms with Gasteiger partial charge in [-0.1, -0.05) is 11.6 Å². The second-order valence-electron chi connectivity index (χ2n) is 6.70. The molecule has 0 aliphatic carbocycles. The smallest absolute Gasteiger partial charge is 0.308 e. The molecular formula is C20H19ClFN3O4S. The van der Waals surface area contributed by atoms with Crippen molar-refractivity contribution in [2.24, 2.45) is 0 Å². The van der Waals surface area contributed by atoms with Crippen molar-refractivity contribution in [2.75, 3.05) is 5.32 Å². The molecule has 2 heterocycles. The molecule has 30 heavy (non-hydrogen) atoms. The number of rotatable bonds is 6. The average Bonchev–Trinajstić information content (AvgIpc) is 2.98. The molecular weight excluding hydrogens is 433 g/mol. The van der Waals surface area contributed by atoms with Gasteiger partial charge in [0.05, 0.1) is 28.8 Å². The van der Waals surface area contributed by atoms with E-state index in [1.54, 1.807) is 0 Å². The summed E-state index contributed by atoms with van der Waals surface area (Å²) in [6.45, 7) is 5.27. The third-order valence-electron chi connectivity index (χ3n) is 4.58. The number of aryl methyl sites for hydroxylation is 3. The monoisotopic (exact) mass is 451 g/mol. The highest BCUT2D eigenvalue weighted by Crippen LogP contribution is 2.25. The SMILES string of the molecule is Cc1sc2ncn(CCC(=O)OC(C)C(=O)Nc3ccc(F)cc3Cl)c(=O)c2c1C. The van der Waals surface area contributed by atoms with Gasteiger partial charge >= 0.3 is 5.97 Å². The molecule has 10 heteroatoms. The van der Waals surface area contributed by atoms with Gasteiger partial charge in [0.15, 0.2) is 6.10 Å². The van der Waals surface area contributed by atoms with E-state index in [-0.39, 0.29) is 29.2 Å². The first-order valence-electron chi connectivity index (χ1n) is 9.08. The van der Waals surface area contributed by atoms with E-state index in [0.29, 0.717) is 10.2 Å². The molecule has 0 bridgehead atoms. The molecule has 7 nitrogen and oxygen atoms in total. The molecule has 158 valence electrons. The number of esters is 1. The summed E-state index contributed by atoms with van der Waals surface area (Å²) in [5, 5.41) is 3.06. The standard InChI is InChI=1S/C20H19ClFN3O4S/c1-10-12(3)30-19-17(10)20(28)25(9-23-19)7-6-16(26)29-11(2)18(27)24-15-5-4-13(22)8-14(15)21/h4-5,8-9,11H,6-7H2,1-3H3,(H,24,27). The minimum atomic E-state index is -1.10.